The fraction of sp³-hybridized carbons (Fsp3) is 1.00. The van der Waals surface area contributed by atoms with E-state index in [1.54, 1.807) is 21.3 Å². The Morgan fingerprint density at radius 2 is 2.00 bits per heavy atom. The zero-order chi connectivity index (χ0) is 10.6. The molecule has 0 amide bonds. The maximum Gasteiger partial charge on any atom is 0.180 e. The summed E-state index contributed by atoms with van der Waals surface area (Å²) in [5.41, 5.74) is 2.61. The number of hydrogen-bond donors (Lipinski definition) is 1. The second kappa shape index (κ2) is 5.63. The van der Waals surface area contributed by atoms with Gasteiger partial charge in [-0.05, 0) is 6.92 Å². The van der Waals surface area contributed by atoms with Crippen molar-refractivity contribution < 1.29 is 19.0 Å². The summed E-state index contributed by atoms with van der Waals surface area (Å²) in [6, 6.07) is 0. The highest BCUT2D eigenvalue weighted by Gasteiger charge is 2.37. The van der Waals surface area contributed by atoms with Crippen molar-refractivity contribution in [3.05, 3.63) is 0 Å². The lowest BCUT2D eigenvalue weighted by atomic mass is 10.0. The van der Waals surface area contributed by atoms with E-state index in [1.807, 2.05) is 6.92 Å². The van der Waals surface area contributed by atoms with E-state index in [0.717, 1.165) is 0 Å². The van der Waals surface area contributed by atoms with Crippen LogP contribution in [0.15, 0.2) is 0 Å². The molecule has 0 aromatic rings. The first-order chi connectivity index (χ1) is 6.72. The summed E-state index contributed by atoms with van der Waals surface area (Å²) in [5.74, 6) is 0. The first-order valence-corrected chi connectivity index (χ1v) is 4.76. The van der Waals surface area contributed by atoms with Crippen molar-refractivity contribution >= 4 is 0 Å². The van der Waals surface area contributed by atoms with Crippen molar-refractivity contribution in [2.24, 2.45) is 0 Å². The van der Waals surface area contributed by atoms with Gasteiger partial charge in [-0.1, -0.05) is 0 Å². The third kappa shape index (κ3) is 2.65. The maximum absolute atomic E-state index is 5.57. The first-order valence-electron chi connectivity index (χ1n) is 4.76. The topological polar surface area (TPSA) is 49.0 Å². The maximum atomic E-state index is 5.57. The third-order valence-corrected chi connectivity index (χ3v) is 2.44. The molecule has 1 N–H and O–H groups in total. The van der Waals surface area contributed by atoms with E-state index in [9.17, 15) is 0 Å². The molecule has 0 aromatic carbocycles. The van der Waals surface area contributed by atoms with E-state index in [1.165, 1.54) is 0 Å². The first kappa shape index (κ1) is 11.9. The van der Waals surface area contributed by atoms with Gasteiger partial charge in [-0.25, -0.2) is 5.48 Å². The van der Waals surface area contributed by atoms with Crippen LogP contribution in [0.3, 0.4) is 0 Å². The Morgan fingerprint density at radius 1 is 1.29 bits per heavy atom. The minimum atomic E-state index is -0.272. The minimum Gasteiger partial charge on any atom is -0.378 e. The summed E-state index contributed by atoms with van der Waals surface area (Å²) >= 11 is 0. The highest BCUT2D eigenvalue weighted by molar-refractivity contribution is 4.82. The molecule has 14 heavy (non-hydrogen) atoms. The summed E-state index contributed by atoms with van der Waals surface area (Å²) in [4.78, 5) is 5.17. The molecule has 1 rings (SSSR count). The van der Waals surface area contributed by atoms with Crippen molar-refractivity contribution in [1.82, 2.24) is 5.48 Å². The third-order valence-electron chi connectivity index (χ3n) is 2.44. The summed E-state index contributed by atoms with van der Waals surface area (Å²) in [7, 11) is 5.04. The summed E-state index contributed by atoms with van der Waals surface area (Å²) in [6.07, 6.45) is 0.349. The van der Waals surface area contributed by atoms with E-state index in [2.05, 4.69) is 5.48 Å². The van der Waals surface area contributed by atoms with Crippen LogP contribution in [0.25, 0.3) is 0 Å². The molecule has 0 radical (unpaired) electrons. The van der Waals surface area contributed by atoms with Gasteiger partial charge < -0.3 is 14.2 Å². The fourth-order valence-electron chi connectivity index (χ4n) is 1.78. The predicted octanol–water partition coefficient (Wildman–Crippen LogP) is 0.302. The predicted molar refractivity (Wildman–Crippen MR) is 50.7 cm³/mol. The number of hydroxylamine groups is 1. The average Bonchev–Trinajstić information content (AvgIpc) is 2.17. The molecule has 1 saturated heterocycles. The number of hydrogen-bond acceptors (Lipinski definition) is 5. The number of ether oxygens (including phenoxy) is 3. The molecule has 0 aromatic heterocycles. The molecule has 0 unspecified atom stereocenters. The van der Waals surface area contributed by atoms with Crippen LogP contribution in [-0.4, -0.2) is 45.9 Å². The smallest absolute Gasteiger partial charge is 0.180 e. The van der Waals surface area contributed by atoms with Gasteiger partial charge in [0.2, 0.25) is 0 Å². The molecule has 1 heterocycles. The van der Waals surface area contributed by atoms with Gasteiger partial charge in [-0.15, -0.1) is 0 Å². The van der Waals surface area contributed by atoms with Crippen LogP contribution in [0.2, 0.25) is 0 Å². The van der Waals surface area contributed by atoms with Crippen LogP contribution in [0.5, 0.6) is 0 Å². The highest BCUT2D eigenvalue weighted by Crippen LogP contribution is 2.24. The Labute approximate surface area is 84.6 Å². The van der Waals surface area contributed by atoms with Crippen molar-refractivity contribution in [3.63, 3.8) is 0 Å². The van der Waals surface area contributed by atoms with Crippen LogP contribution in [0.1, 0.15) is 13.3 Å². The second-order valence-corrected chi connectivity index (χ2v) is 3.30. The molecular weight excluding hydrogens is 186 g/mol. The van der Waals surface area contributed by atoms with Crippen LogP contribution >= 0.6 is 0 Å². The molecule has 0 bridgehead atoms. The van der Waals surface area contributed by atoms with E-state index in [4.69, 9.17) is 19.0 Å². The van der Waals surface area contributed by atoms with E-state index < -0.39 is 0 Å². The van der Waals surface area contributed by atoms with Gasteiger partial charge in [0.1, 0.15) is 6.10 Å². The highest BCUT2D eigenvalue weighted by atomic mass is 16.8. The Bertz CT molecular complexity index is 167. The number of nitrogens with one attached hydrogen (secondary N) is 1. The van der Waals surface area contributed by atoms with Crippen molar-refractivity contribution in [2.45, 2.75) is 37.9 Å². The molecule has 1 aliphatic heterocycles. The fourth-order valence-corrected chi connectivity index (χ4v) is 1.78. The standard InChI is InChI=1S/C9H19NO4/c1-6-9(12-4)7(11-3)5-8(13-6)14-10-2/h6-10H,5H2,1-4H3/t6-,7-,8-,9-/m0/s1. The molecule has 5 nitrogen and oxygen atoms in total. The van der Waals surface area contributed by atoms with Gasteiger partial charge in [0, 0.05) is 27.7 Å². The summed E-state index contributed by atoms with van der Waals surface area (Å²) in [5, 5.41) is 0. The van der Waals surface area contributed by atoms with E-state index in [0.29, 0.717) is 6.42 Å². The van der Waals surface area contributed by atoms with Gasteiger partial charge in [-0.2, -0.15) is 0 Å². The van der Waals surface area contributed by atoms with E-state index >= 15 is 0 Å². The Balaban J connectivity index is 2.53. The normalized spacial score (nSPS) is 38.6. The molecule has 1 aliphatic rings. The summed E-state index contributed by atoms with van der Waals surface area (Å²) < 4.78 is 16.2. The molecular formula is C9H19NO4. The Kier molecular flexibility index (Phi) is 4.77. The monoisotopic (exact) mass is 205 g/mol. The van der Waals surface area contributed by atoms with Crippen LogP contribution in [0, 0.1) is 0 Å². The lowest BCUT2D eigenvalue weighted by molar-refractivity contribution is -0.269. The number of rotatable bonds is 4. The molecule has 5 heteroatoms. The van der Waals surface area contributed by atoms with Gasteiger partial charge in [0.15, 0.2) is 6.29 Å². The molecule has 84 valence electrons. The molecule has 0 aliphatic carbocycles. The Morgan fingerprint density at radius 3 is 2.50 bits per heavy atom. The molecule has 0 spiro atoms. The zero-order valence-electron chi connectivity index (χ0n) is 9.15. The van der Waals surface area contributed by atoms with Crippen LogP contribution in [0.4, 0.5) is 0 Å². The van der Waals surface area contributed by atoms with Gasteiger partial charge in [0.05, 0.1) is 12.2 Å². The minimum absolute atomic E-state index is 0.0158. The van der Waals surface area contributed by atoms with Crippen molar-refractivity contribution in [1.29, 1.82) is 0 Å². The lowest BCUT2D eigenvalue weighted by Crippen LogP contribution is -2.50. The SMILES string of the molecule is CNO[C@H]1C[C@H](OC)[C@@H](OC)[C@H](C)O1. The zero-order valence-corrected chi connectivity index (χ0v) is 9.15. The second-order valence-electron chi connectivity index (χ2n) is 3.30. The lowest BCUT2D eigenvalue weighted by Gasteiger charge is -2.38. The number of methoxy groups -OCH3 is 2. The average molecular weight is 205 g/mol. The molecule has 1 fully saturated rings. The van der Waals surface area contributed by atoms with E-state index in [-0.39, 0.29) is 24.6 Å². The van der Waals surface area contributed by atoms with Crippen LogP contribution in [-0.2, 0) is 19.0 Å². The van der Waals surface area contributed by atoms with Crippen molar-refractivity contribution in [3.8, 4) is 0 Å². The molecule has 0 saturated carbocycles. The van der Waals surface area contributed by atoms with Gasteiger partial charge in [-0.3, -0.25) is 4.84 Å². The quantitative estimate of drug-likeness (QED) is 0.669. The van der Waals surface area contributed by atoms with Crippen molar-refractivity contribution in [2.75, 3.05) is 21.3 Å². The van der Waals surface area contributed by atoms with Gasteiger partial charge >= 0.3 is 0 Å². The van der Waals surface area contributed by atoms with Gasteiger partial charge in [0.25, 0.3) is 0 Å². The molecule has 4 atom stereocenters. The Hall–Kier alpha value is -0.200. The largest absolute Gasteiger partial charge is 0.378 e. The van der Waals surface area contributed by atoms with Crippen LogP contribution < -0.4 is 5.48 Å². The summed E-state index contributed by atoms with van der Waals surface area (Å²) in [6.45, 7) is 1.95.